The molecule has 3 rings (SSSR count). The van der Waals surface area contributed by atoms with Gasteiger partial charge in [-0.05, 0) is 53.2 Å². The fraction of sp³-hybridized carbons (Fsp3) is 0.150. The molecular formula is C20H16Cl2N2O3S. The molecule has 3 amide bonds. The van der Waals surface area contributed by atoms with Crippen LogP contribution in [0.25, 0.3) is 6.08 Å². The third-order valence-corrected chi connectivity index (χ3v) is 5.39. The van der Waals surface area contributed by atoms with Crippen LogP contribution in [-0.4, -0.2) is 35.0 Å². The molecule has 1 saturated heterocycles. The van der Waals surface area contributed by atoms with Crippen LogP contribution >= 0.6 is 35.0 Å². The first kappa shape index (κ1) is 20.5. The second-order valence-corrected chi connectivity index (χ2v) is 7.90. The predicted molar refractivity (Wildman–Crippen MR) is 112 cm³/mol. The highest BCUT2D eigenvalue weighted by molar-refractivity contribution is 8.18. The van der Waals surface area contributed by atoms with E-state index < -0.39 is 0 Å². The number of benzene rings is 2. The fourth-order valence-corrected chi connectivity index (χ4v) is 3.68. The Morgan fingerprint density at radius 1 is 1.00 bits per heavy atom. The van der Waals surface area contributed by atoms with Gasteiger partial charge in [0.1, 0.15) is 0 Å². The number of halogens is 2. The third kappa shape index (κ3) is 5.38. The number of imide groups is 1. The Morgan fingerprint density at radius 2 is 1.61 bits per heavy atom. The molecule has 2 aromatic carbocycles. The Morgan fingerprint density at radius 3 is 2.25 bits per heavy atom. The van der Waals surface area contributed by atoms with E-state index in [4.69, 9.17) is 23.2 Å². The van der Waals surface area contributed by atoms with Gasteiger partial charge in [0.05, 0.1) is 11.3 Å². The van der Waals surface area contributed by atoms with Gasteiger partial charge in [0, 0.05) is 23.1 Å². The number of hydrogen-bond acceptors (Lipinski definition) is 4. The summed E-state index contributed by atoms with van der Waals surface area (Å²) in [6.45, 7) is 0.313. The van der Waals surface area contributed by atoms with Gasteiger partial charge in [-0.1, -0.05) is 47.5 Å². The van der Waals surface area contributed by atoms with Gasteiger partial charge in [-0.25, -0.2) is 0 Å². The number of hydrogen-bond donors (Lipinski definition) is 1. The summed E-state index contributed by atoms with van der Waals surface area (Å²) in [7, 11) is 0. The van der Waals surface area contributed by atoms with Crippen LogP contribution in [0.4, 0.5) is 4.79 Å². The van der Waals surface area contributed by atoms with Crippen molar-refractivity contribution in [3.05, 3.63) is 74.6 Å². The molecule has 0 aromatic heterocycles. The summed E-state index contributed by atoms with van der Waals surface area (Å²) in [6, 6.07) is 14.0. The van der Waals surface area contributed by atoms with Crippen LogP contribution in [0.1, 0.15) is 11.1 Å². The Kier molecular flexibility index (Phi) is 6.78. The second-order valence-electron chi connectivity index (χ2n) is 6.04. The molecule has 1 fully saturated rings. The molecule has 0 radical (unpaired) electrons. The van der Waals surface area contributed by atoms with E-state index in [1.807, 2.05) is 0 Å². The van der Waals surface area contributed by atoms with Crippen molar-refractivity contribution < 1.29 is 14.4 Å². The molecule has 5 nitrogen and oxygen atoms in total. The summed E-state index contributed by atoms with van der Waals surface area (Å²) in [4.78, 5) is 38.1. The molecular weight excluding hydrogens is 419 g/mol. The van der Waals surface area contributed by atoms with Gasteiger partial charge < -0.3 is 5.32 Å². The highest BCUT2D eigenvalue weighted by atomic mass is 35.5. The van der Waals surface area contributed by atoms with E-state index in [9.17, 15) is 14.4 Å². The van der Waals surface area contributed by atoms with E-state index in [2.05, 4.69) is 5.32 Å². The summed E-state index contributed by atoms with van der Waals surface area (Å²) < 4.78 is 0. The standard InChI is InChI=1S/C20H16Cl2N2O3S/c21-15-5-1-13(2-6-15)11-17-19(26)24(20(27)28-17)10-9-23-18(25)12-14-3-7-16(22)8-4-14/h1-8,11H,9-10,12H2,(H,23,25)/b17-11+. The molecule has 1 heterocycles. The summed E-state index contributed by atoms with van der Waals surface area (Å²) >= 11 is 12.6. The number of nitrogens with one attached hydrogen (secondary N) is 1. The number of nitrogens with zero attached hydrogens (tertiary/aromatic N) is 1. The molecule has 1 aliphatic rings. The van der Waals surface area contributed by atoms with Gasteiger partial charge >= 0.3 is 0 Å². The van der Waals surface area contributed by atoms with E-state index in [0.29, 0.717) is 15.0 Å². The van der Waals surface area contributed by atoms with Crippen LogP contribution < -0.4 is 5.32 Å². The zero-order chi connectivity index (χ0) is 20.1. The summed E-state index contributed by atoms with van der Waals surface area (Å²) in [5, 5.41) is 3.58. The maximum atomic E-state index is 12.5. The van der Waals surface area contributed by atoms with Crippen LogP contribution in [0.3, 0.4) is 0 Å². The van der Waals surface area contributed by atoms with Crippen molar-refractivity contribution in [2.75, 3.05) is 13.1 Å². The molecule has 0 saturated carbocycles. The van der Waals surface area contributed by atoms with Gasteiger partial charge in [-0.3, -0.25) is 19.3 Å². The maximum absolute atomic E-state index is 12.5. The van der Waals surface area contributed by atoms with Crippen molar-refractivity contribution in [2.45, 2.75) is 6.42 Å². The highest BCUT2D eigenvalue weighted by Gasteiger charge is 2.34. The molecule has 1 aliphatic heterocycles. The van der Waals surface area contributed by atoms with E-state index in [1.54, 1.807) is 54.6 Å². The van der Waals surface area contributed by atoms with Gasteiger partial charge in [0.15, 0.2) is 0 Å². The van der Waals surface area contributed by atoms with E-state index in [-0.39, 0.29) is 36.6 Å². The molecule has 0 spiro atoms. The second kappa shape index (κ2) is 9.28. The third-order valence-electron chi connectivity index (χ3n) is 3.98. The minimum Gasteiger partial charge on any atom is -0.354 e. The van der Waals surface area contributed by atoms with Crippen LogP contribution in [0.15, 0.2) is 53.4 Å². The Labute approximate surface area is 176 Å². The molecule has 0 aliphatic carbocycles. The van der Waals surface area contributed by atoms with Gasteiger partial charge in [-0.2, -0.15) is 0 Å². The first-order valence-electron chi connectivity index (χ1n) is 8.44. The molecule has 144 valence electrons. The topological polar surface area (TPSA) is 66.5 Å². The first-order valence-corrected chi connectivity index (χ1v) is 10.0. The lowest BCUT2D eigenvalue weighted by atomic mass is 10.1. The van der Waals surface area contributed by atoms with Crippen molar-refractivity contribution >= 4 is 58.1 Å². The number of rotatable bonds is 6. The SMILES string of the molecule is O=C(Cc1ccc(Cl)cc1)NCCN1C(=O)S/C(=C/c2ccc(Cl)cc2)C1=O. The monoisotopic (exact) mass is 434 g/mol. The summed E-state index contributed by atoms with van der Waals surface area (Å²) in [6.07, 6.45) is 1.86. The molecule has 2 aromatic rings. The van der Waals surface area contributed by atoms with Gasteiger partial charge in [0.25, 0.3) is 11.1 Å². The predicted octanol–water partition coefficient (Wildman–Crippen LogP) is 4.39. The van der Waals surface area contributed by atoms with Gasteiger partial charge in [0.2, 0.25) is 5.91 Å². The molecule has 0 atom stereocenters. The molecule has 28 heavy (non-hydrogen) atoms. The normalized spacial score (nSPS) is 15.4. The van der Waals surface area contributed by atoms with Crippen molar-refractivity contribution in [3.8, 4) is 0 Å². The maximum Gasteiger partial charge on any atom is 0.293 e. The Hall–Kier alpha value is -2.28. The van der Waals surface area contributed by atoms with Crippen LogP contribution in [0.2, 0.25) is 10.0 Å². The summed E-state index contributed by atoms with van der Waals surface area (Å²) in [5.41, 5.74) is 1.62. The van der Waals surface area contributed by atoms with Crippen molar-refractivity contribution in [2.24, 2.45) is 0 Å². The lowest BCUT2D eigenvalue weighted by molar-refractivity contribution is -0.124. The number of thioether (sulfide) groups is 1. The van der Waals surface area contributed by atoms with Crippen LogP contribution in [0.5, 0.6) is 0 Å². The van der Waals surface area contributed by atoms with E-state index >= 15 is 0 Å². The summed E-state index contributed by atoms with van der Waals surface area (Å²) in [5.74, 6) is -0.553. The quantitative estimate of drug-likeness (QED) is 0.684. The minimum absolute atomic E-state index is 0.120. The molecule has 0 unspecified atom stereocenters. The van der Waals surface area contributed by atoms with Crippen LogP contribution in [-0.2, 0) is 16.0 Å². The minimum atomic E-state index is -0.364. The van der Waals surface area contributed by atoms with Crippen molar-refractivity contribution in [1.82, 2.24) is 10.2 Å². The number of carbonyl (C=O) groups is 3. The van der Waals surface area contributed by atoms with E-state index in [0.717, 1.165) is 27.8 Å². The zero-order valence-electron chi connectivity index (χ0n) is 14.7. The van der Waals surface area contributed by atoms with Crippen molar-refractivity contribution in [3.63, 3.8) is 0 Å². The lowest BCUT2D eigenvalue weighted by Gasteiger charge is -2.13. The largest absolute Gasteiger partial charge is 0.354 e. The lowest BCUT2D eigenvalue weighted by Crippen LogP contribution is -2.37. The number of carbonyl (C=O) groups excluding carboxylic acids is 3. The van der Waals surface area contributed by atoms with E-state index in [1.165, 1.54) is 0 Å². The smallest absolute Gasteiger partial charge is 0.293 e. The molecule has 8 heteroatoms. The average Bonchev–Trinajstić information content (AvgIpc) is 2.93. The van der Waals surface area contributed by atoms with Crippen LogP contribution in [0, 0.1) is 0 Å². The Bertz CT molecular complexity index is 927. The van der Waals surface area contributed by atoms with Gasteiger partial charge in [-0.15, -0.1) is 0 Å². The number of amides is 3. The molecule has 1 N–H and O–H groups in total. The Balaban J connectivity index is 1.52. The molecule has 0 bridgehead atoms. The highest BCUT2D eigenvalue weighted by Crippen LogP contribution is 2.32. The first-order chi connectivity index (χ1) is 13.4. The zero-order valence-corrected chi connectivity index (χ0v) is 17.0. The average molecular weight is 435 g/mol. The van der Waals surface area contributed by atoms with Crippen molar-refractivity contribution in [1.29, 1.82) is 0 Å². The fourth-order valence-electron chi connectivity index (χ4n) is 2.56.